The van der Waals surface area contributed by atoms with E-state index in [1.165, 1.54) is 0 Å². The van der Waals surface area contributed by atoms with E-state index in [1.807, 2.05) is 12.1 Å². The van der Waals surface area contributed by atoms with Crippen LogP contribution < -0.4 is 5.32 Å². The summed E-state index contributed by atoms with van der Waals surface area (Å²) in [4.78, 5) is 30.3. The lowest BCUT2D eigenvalue weighted by molar-refractivity contribution is -0.198. The molecule has 4 fully saturated rings. The molecule has 1 aromatic rings. The summed E-state index contributed by atoms with van der Waals surface area (Å²) in [6.45, 7) is 7.21. The Morgan fingerprint density at radius 2 is 1.67 bits per heavy atom. The van der Waals surface area contributed by atoms with Crippen molar-refractivity contribution < 1.29 is 9.59 Å². The van der Waals surface area contributed by atoms with Crippen molar-refractivity contribution >= 4 is 33.3 Å². The van der Waals surface area contributed by atoms with Crippen LogP contribution in [0.2, 0.25) is 0 Å². The van der Waals surface area contributed by atoms with E-state index in [0.717, 1.165) is 41.9 Å². The first-order chi connectivity index (χ1) is 11.3. The Balaban J connectivity index is 1.58. The topological polar surface area (TPSA) is 52.6 Å². The van der Waals surface area contributed by atoms with Gasteiger partial charge in [-0.1, -0.05) is 29.8 Å². The number of carbonyl (C=O) groups excluding carboxylic acids is 2. The molecule has 5 nitrogen and oxygen atoms in total. The minimum Gasteiger partial charge on any atom is -0.325 e. The molecule has 126 valence electrons. The maximum atomic E-state index is 12.8. The molecule has 24 heavy (non-hydrogen) atoms. The van der Waals surface area contributed by atoms with Crippen LogP contribution in [0.4, 0.5) is 5.69 Å². The van der Waals surface area contributed by atoms with E-state index in [0.29, 0.717) is 5.78 Å². The van der Waals surface area contributed by atoms with Gasteiger partial charge in [0.25, 0.3) is 0 Å². The Hall–Kier alpha value is -1.24. The third kappa shape index (κ3) is 1.77. The first-order valence-corrected chi connectivity index (χ1v) is 9.23. The molecule has 1 atom stereocenters. The van der Waals surface area contributed by atoms with E-state index in [2.05, 4.69) is 51.0 Å². The maximum absolute atomic E-state index is 12.8. The fourth-order valence-corrected chi connectivity index (χ4v) is 5.98. The van der Waals surface area contributed by atoms with Crippen LogP contribution >= 0.6 is 15.9 Å². The summed E-state index contributed by atoms with van der Waals surface area (Å²) in [6, 6.07) is 5.98. The van der Waals surface area contributed by atoms with Gasteiger partial charge in [-0.2, -0.15) is 0 Å². The first kappa shape index (κ1) is 15.0. The highest BCUT2D eigenvalue weighted by Gasteiger charge is 2.64. The number of benzene rings is 1. The Kier molecular flexibility index (Phi) is 2.81. The van der Waals surface area contributed by atoms with Gasteiger partial charge in [0.05, 0.1) is 22.9 Å². The molecular weight excluding hydrogens is 370 g/mol. The number of fused-ring (bicyclic) bond motifs is 1. The number of amides is 1. The lowest BCUT2D eigenvalue weighted by atomic mass is 9.61. The third-order valence-electron chi connectivity index (χ3n) is 6.24. The molecule has 0 saturated carbocycles. The van der Waals surface area contributed by atoms with Gasteiger partial charge in [0.15, 0.2) is 0 Å². The van der Waals surface area contributed by atoms with Crippen LogP contribution in [0.15, 0.2) is 22.7 Å². The monoisotopic (exact) mass is 389 g/mol. The number of nitrogens with zero attached hydrogens (tertiary/aromatic N) is 2. The number of ketones is 1. The molecule has 0 aliphatic carbocycles. The second-order valence-corrected chi connectivity index (χ2v) is 9.29. The van der Waals surface area contributed by atoms with Crippen molar-refractivity contribution in [3.05, 3.63) is 28.2 Å². The second-order valence-electron chi connectivity index (χ2n) is 8.37. The minimum absolute atomic E-state index is 0.0507. The zero-order valence-corrected chi connectivity index (χ0v) is 15.4. The normalized spacial score (nSPS) is 45.5. The van der Waals surface area contributed by atoms with Gasteiger partial charge in [0, 0.05) is 36.3 Å². The molecule has 4 saturated heterocycles. The van der Waals surface area contributed by atoms with Gasteiger partial charge in [-0.3, -0.25) is 19.4 Å². The molecule has 5 aliphatic heterocycles. The molecule has 1 amide bonds. The van der Waals surface area contributed by atoms with Gasteiger partial charge in [0.2, 0.25) is 5.91 Å². The van der Waals surface area contributed by atoms with Crippen molar-refractivity contribution in [3.63, 3.8) is 0 Å². The van der Waals surface area contributed by atoms with Gasteiger partial charge >= 0.3 is 0 Å². The molecule has 6 rings (SSSR count). The Bertz CT molecular complexity index is 752. The fourth-order valence-electron chi connectivity index (χ4n) is 5.60. The Morgan fingerprint density at radius 3 is 2.25 bits per heavy atom. The highest BCUT2D eigenvalue weighted by molar-refractivity contribution is 9.10. The summed E-state index contributed by atoms with van der Waals surface area (Å²) < 4.78 is 0.991. The van der Waals surface area contributed by atoms with E-state index < -0.39 is 0 Å². The van der Waals surface area contributed by atoms with E-state index >= 15 is 0 Å². The molecule has 4 bridgehead atoms. The molecule has 6 heteroatoms. The van der Waals surface area contributed by atoms with Crippen molar-refractivity contribution in [2.45, 2.75) is 25.9 Å². The van der Waals surface area contributed by atoms with Crippen molar-refractivity contribution in [2.24, 2.45) is 10.8 Å². The highest BCUT2D eigenvalue weighted by atomic mass is 79.9. The predicted molar refractivity (Wildman–Crippen MR) is 93.7 cm³/mol. The predicted octanol–water partition coefficient (Wildman–Crippen LogP) is 2.04. The average Bonchev–Trinajstić information content (AvgIpc) is 2.79. The number of carbonyl (C=O) groups is 2. The number of Topliss-reactive ketones (excluding diaryl/α,β-unsaturated/α-hetero) is 1. The number of halogens is 1. The van der Waals surface area contributed by atoms with Crippen LogP contribution in [0.3, 0.4) is 0 Å². The van der Waals surface area contributed by atoms with Crippen LogP contribution in [0.1, 0.15) is 25.3 Å². The van der Waals surface area contributed by atoms with Crippen molar-refractivity contribution in [1.82, 2.24) is 9.80 Å². The lowest BCUT2D eigenvalue weighted by Gasteiger charge is -2.65. The fraction of sp³-hybridized carbons (Fsp3) is 0.556. The largest absolute Gasteiger partial charge is 0.325 e. The molecule has 1 unspecified atom stereocenters. The number of rotatable bonds is 1. The average molecular weight is 390 g/mol. The molecule has 0 radical (unpaired) electrons. The summed E-state index contributed by atoms with van der Waals surface area (Å²) in [5.41, 5.74) is 1.39. The minimum atomic E-state index is -0.295. The van der Waals surface area contributed by atoms with Crippen molar-refractivity contribution in [3.8, 4) is 0 Å². The number of hydrogen-bond acceptors (Lipinski definition) is 4. The van der Waals surface area contributed by atoms with Gasteiger partial charge in [-0.15, -0.1) is 0 Å². The SMILES string of the molecule is CC12CN3CC(C)(CN(C1)C3C1C(=O)Nc3ccc(Br)cc31)C2=O. The summed E-state index contributed by atoms with van der Waals surface area (Å²) in [6.07, 6.45) is 0.0507. The lowest BCUT2D eigenvalue weighted by Crippen LogP contribution is -2.79. The molecule has 5 aliphatic rings. The Labute approximate surface area is 149 Å². The molecule has 1 N–H and O–H groups in total. The molecular formula is C18H20BrN3O2. The summed E-state index contributed by atoms with van der Waals surface area (Å²) in [5.74, 6) is 0.280. The zero-order chi connectivity index (χ0) is 16.9. The van der Waals surface area contributed by atoms with Gasteiger partial charge in [-0.25, -0.2) is 0 Å². The van der Waals surface area contributed by atoms with Gasteiger partial charge in [0.1, 0.15) is 5.78 Å². The van der Waals surface area contributed by atoms with Crippen LogP contribution in [-0.2, 0) is 9.59 Å². The number of hydrogen-bond donors (Lipinski definition) is 1. The zero-order valence-electron chi connectivity index (χ0n) is 13.8. The van der Waals surface area contributed by atoms with E-state index in [9.17, 15) is 9.59 Å². The molecule has 1 aromatic carbocycles. The van der Waals surface area contributed by atoms with Crippen LogP contribution in [0.25, 0.3) is 0 Å². The maximum Gasteiger partial charge on any atom is 0.234 e. The quantitative estimate of drug-likeness (QED) is 0.798. The smallest absolute Gasteiger partial charge is 0.234 e. The van der Waals surface area contributed by atoms with E-state index in [-0.39, 0.29) is 28.8 Å². The summed E-state index contributed by atoms with van der Waals surface area (Å²) in [7, 11) is 0. The second kappa shape index (κ2) is 4.48. The number of anilines is 1. The number of nitrogens with one attached hydrogen (secondary N) is 1. The van der Waals surface area contributed by atoms with Crippen LogP contribution in [0.5, 0.6) is 0 Å². The molecule has 0 spiro atoms. The van der Waals surface area contributed by atoms with Gasteiger partial charge < -0.3 is 5.32 Å². The van der Waals surface area contributed by atoms with Crippen LogP contribution in [0, 0.1) is 10.8 Å². The van der Waals surface area contributed by atoms with E-state index in [1.54, 1.807) is 0 Å². The Morgan fingerprint density at radius 1 is 1.08 bits per heavy atom. The number of piperidine rings is 2. The van der Waals surface area contributed by atoms with Crippen molar-refractivity contribution in [1.29, 1.82) is 0 Å². The summed E-state index contributed by atoms with van der Waals surface area (Å²) >= 11 is 3.53. The van der Waals surface area contributed by atoms with Crippen LogP contribution in [-0.4, -0.2) is 53.8 Å². The standard InChI is InChI=1S/C18H20BrN3O2/c1-17-6-21-8-18(2,16(17)24)9-22(7-17)15(21)13-11-5-10(19)3-4-12(11)20-14(13)23/h3-5,13,15H,6-9H2,1-2H3,(H,20,23). The van der Waals surface area contributed by atoms with E-state index in [4.69, 9.17) is 0 Å². The molecule has 5 heterocycles. The third-order valence-corrected chi connectivity index (χ3v) is 6.73. The molecule has 0 aromatic heterocycles. The van der Waals surface area contributed by atoms with Crippen molar-refractivity contribution in [2.75, 3.05) is 31.5 Å². The summed E-state index contributed by atoms with van der Waals surface area (Å²) in [5, 5.41) is 3.03. The highest BCUT2D eigenvalue weighted by Crippen LogP contribution is 2.52. The van der Waals surface area contributed by atoms with Gasteiger partial charge in [-0.05, 0) is 23.8 Å². The first-order valence-electron chi connectivity index (χ1n) is 8.44.